The molecule has 4 N–H and O–H groups in total. The fourth-order valence-corrected chi connectivity index (χ4v) is 1.07. The van der Waals surface area contributed by atoms with Crippen LogP contribution in [0.3, 0.4) is 0 Å². The Hall–Kier alpha value is -1.36. The van der Waals surface area contributed by atoms with Crippen molar-refractivity contribution in [3.05, 3.63) is 23.8 Å². The zero-order chi connectivity index (χ0) is 10.8. The fourth-order valence-electron chi connectivity index (χ4n) is 1.07. The van der Waals surface area contributed by atoms with Crippen molar-refractivity contribution in [1.29, 1.82) is 0 Å². The highest BCUT2D eigenvalue weighted by molar-refractivity contribution is 5.44. The number of alkyl halides is 2. The fraction of sp³-hybridized carbons (Fsp3) is 0.333. The largest absolute Gasteiger partial charge is 0.504 e. The van der Waals surface area contributed by atoms with Gasteiger partial charge in [0.15, 0.2) is 11.5 Å². The van der Waals surface area contributed by atoms with Crippen LogP contribution >= 0.6 is 0 Å². The first-order chi connectivity index (χ1) is 6.46. The summed E-state index contributed by atoms with van der Waals surface area (Å²) >= 11 is 0. The molecule has 0 aliphatic rings. The van der Waals surface area contributed by atoms with E-state index in [-0.39, 0.29) is 5.56 Å². The number of rotatable bonds is 3. The Kier molecular flexibility index (Phi) is 2.90. The maximum Gasteiger partial charge on any atom is 0.264 e. The summed E-state index contributed by atoms with van der Waals surface area (Å²) in [7, 11) is 0. The van der Waals surface area contributed by atoms with E-state index in [4.69, 9.17) is 10.8 Å². The predicted octanol–water partition coefficient (Wildman–Crippen LogP) is 1.23. The maximum atomic E-state index is 12.8. The quantitative estimate of drug-likeness (QED) is 0.647. The molecule has 78 valence electrons. The molecule has 0 heterocycles. The van der Waals surface area contributed by atoms with Crippen LogP contribution in [0.5, 0.6) is 11.5 Å². The van der Waals surface area contributed by atoms with Crippen molar-refractivity contribution in [1.82, 2.24) is 0 Å². The van der Waals surface area contributed by atoms with E-state index in [2.05, 4.69) is 0 Å². The van der Waals surface area contributed by atoms with Crippen molar-refractivity contribution in [3.8, 4) is 11.5 Å². The summed E-state index contributed by atoms with van der Waals surface area (Å²) in [6.45, 7) is -0.790. The molecule has 0 saturated carbocycles. The van der Waals surface area contributed by atoms with Crippen LogP contribution in [-0.2, 0) is 6.42 Å². The highest BCUT2D eigenvalue weighted by atomic mass is 19.3. The molecule has 0 aromatic heterocycles. The molecule has 1 rings (SSSR count). The lowest BCUT2D eigenvalue weighted by Crippen LogP contribution is -2.30. The molecule has 3 nitrogen and oxygen atoms in total. The van der Waals surface area contributed by atoms with Crippen molar-refractivity contribution in [3.63, 3.8) is 0 Å². The number of hydrogen-bond acceptors (Lipinski definition) is 3. The number of aromatic hydroxyl groups is 2. The van der Waals surface area contributed by atoms with E-state index in [1.807, 2.05) is 0 Å². The van der Waals surface area contributed by atoms with Gasteiger partial charge in [-0.1, -0.05) is 12.1 Å². The number of benzene rings is 1. The molecule has 0 bridgehead atoms. The monoisotopic (exact) mass is 203 g/mol. The summed E-state index contributed by atoms with van der Waals surface area (Å²) in [6, 6.07) is 3.93. The Bertz CT molecular complexity index is 329. The molecule has 0 atom stereocenters. The minimum Gasteiger partial charge on any atom is -0.504 e. The molecule has 0 aliphatic carbocycles. The molecule has 0 radical (unpaired) electrons. The number of phenols is 2. The lowest BCUT2D eigenvalue weighted by Gasteiger charge is -2.14. The van der Waals surface area contributed by atoms with Crippen molar-refractivity contribution in [2.24, 2.45) is 5.73 Å². The van der Waals surface area contributed by atoms with Gasteiger partial charge in [0, 0.05) is 12.0 Å². The Morgan fingerprint density at radius 3 is 2.50 bits per heavy atom. The van der Waals surface area contributed by atoms with Crippen LogP contribution in [0.25, 0.3) is 0 Å². The third-order valence-electron chi connectivity index (χ3n) is 1.85. The van der Waals surface area contributed by atoms with Crippen LogP contribution in [-0.4, -0.2) is 22.7 Å². The standard InChI is InChI=1S/C9H11F2NO2/c10-9(11,5-12)4-6-2-1-3-7(13)8(6)14/h1-3,13-14H,4-5,12H2. The van der Waals surface area contributed by atoms with Crippen LogP contribution < -0.4 is 5.73 Å². The van der Waals surface area contributed by atoms with Gasteiger partial charge < -0.3 is 15.9 Å². The smallest absolute Gasteiger partial charge is 0.264 e. The van der Waals surface area contributed by atoms with Gasteiger partial charge in [-0.2, -0.15) is 0 Å². The second-order valence-corrected chi connectivity index (χ2v) is 3.02. The van der Waals surface area contributed by atoms with Crippen LogP contribution in [0.1, 0.15) is 5.56 Å². The minimum absolute atomic E-state index is 0.0135. The average Bonchev–Trinajstić information content (AvgIpc) is 2.13. The van der Waals surface area contributed by atoms with Crippen LogP contribution in [0.2, 0.25) is 0 Å². The van der Waals surface area contributed by atoms with Crippen molar-refractivity contribution >= 4 is 0 Å². The number of halogens is 2. The average molecular weight is 203 g/mol. The van der Waals surface area contributed by atoms with Gasteiger partial charge in [0.25, 0.3) is 5.92 Å². The van der Waals surface area contributed by atoms with Crippen molar-refractivity contribution in [2.45, 2.75) is 12.3 Å². The molecule has 0 amide bonds. The molecule has 0 fully saturated rings. The van der Waals surface area contributed by atoms with Gasteiger partial charge in [-0.25, -0.2) is 8.78 Å². The van der Waals surface area contributed by atoms with Crippen LogP contribution in [0, 0.1) is 0 Å². The highest BCUT2D eigenvalue weighted by Gasteiger charge is 2.28. The Morgan fingerprint density at radius 2 is 1.93 bits per heavy atom. The van der Waals surface area contributed by atoms with Gasteiger partial charge >= 0.3 is 0 Å². The van der Waals surface area contributed by atoms with Crippen LogP contribution in [0.15, 0.2) is 18.2 Å². The van der Waals surface area contributed by atoms with Gasteiger partial charge in [-0.15, -0.1) is 0 Å². The molecule has 0 aliphatic heterocycles. The highest BCUT2D eigenvalue weighted by Crippen LogP contribution is 2.31. The molecular formula is C9H11F2NO2. The first kappa shape index (κ1) is 10.7. The second kappa shape index (κ2) is 3.79. The number of para-hydroxylation sites is 1. The summed E-state index contributed by atoms with van der Waals surface area (Å²) in [6.07, 6.45) is -0.677. The molecule has 1 aromatic rings. The summed E-state index contributed by atoms with van der Waals surface area (Å²) in [4.78, 5) is 0. The third-order valence-corrected chi connectivity index (χ3v) is 1.85. The number of nitrogens with two attached hydrogens (primary N) is 1. The van der Waals surface area contributed by atoms with Gasteiger partial charge in [0.05, 0.1) is 6.54 Å². The van der Waals surface area contributed by atoms with Crippen molar-refractivity contribution < 1.29 is 19.0 Å². The molecule has 14 heavy (non-hydrogen) atoms. The summed E-state index contributed by atoms with van der Waals surface area (Å²) < 4.78 is 25.7. The topological polar surface area (TPSA) is 66.5 Å². The Balaban J connectivity index is 2.92. The molecule has 0 unspecified atom stereocenters. The SMILES string of the molecule is NCC(F)(F)Cc1cccc(O)c1O. The van der Waals surface area contributed by atoms with E-state index >= 15 is 0 Å². The number of phenolic OH excluding ortho intramolecular Hbond substituents is 2. The summed E-state index contributed by atoms with van der Waals surface area (Å²) in [5.74, 6) is -3.98. The zero-order valence-electron chi connectivity index (χ0n) is 7.37. The molecule has 1 aromatic carbocycles. The zero-order valence-corrected chi connectivity index (χ0v) is 7.37. The third kappa shape index (κ3) is 2.32. The van der Waals surface area contributed by atoms with E-state index in [0.29, 0.717) is 0 Å². The molecule has 0 saturated heterocycles. The van der Waals surface area contributed by atoms with Gasteiger partial charge in [-0.05, 0) is 6.07 Å². The number of hydrogen-bond donors (Lipinski definition) is 3. The predicted molar refractivity (Wildman–Crippen MR) is 47.5 cm³/mol. The second-order valence-electron chi connectivity index (χ2n) is 3.02. The van der Waals surface area contributed by atoms with E-state index < -0.39 is 30.4 Å². The molecule has 0 spiro atoms. The summed E-state index contributed by atoms with van der Waals surface area (Å²) in [5, 5.41) is 18.3. The van der Waals surface area contributed by atoms with Crippen molar-refractivity contribution in [2.75, 3.05) is 6.54 Å². The van der Waals surface area contributed by atoms with E-state index in [0.717, 1.165) is 0 Å². The van der Waals surface area contributed by atoms with Gasteiger partial charge in [0.2, 0.25) is 0 Å². The maximum absolute atomic E-state index is 12.8. The minimum atomic E-state index is -3.06. The molecular weight excluding hydrogens is 192 g/mol. The van der Waals surface area contributed by atoms with Gasteiger partial charge in [-0.3, -0.25) is 0 Å². The first-order valence-corrected chi connectivity index (χ1v) is 4.04. The lowest BCUT2D eigenvalue weighted by atomic mass is 10.1. The summed E-state index contributed by atoms with van der Waals surface area (Å²) in [5.41, 5.74) is 4.83. The first-order valence-electron chi connectivity index (χ1n) is 4.04. The molecule has 5 heteroatoms. The Labute approximate surface area is 79.8 Å². The normalized spacial score (nSPS) is 11.6. The van der Waals surface area contributed by atoms with Crippen LogP contribution in [0.4, 0.5) is 8.78 Å². The van der Waals surface area contributed by atoms with E-state index in [1.165, 1.54) is 18.2 Å². The lowest BCUT2D eigenvalue weighted by molar-refractivity contribution is 0.0109. The van der Waals surface area contributed by atoms with E-state index in [9.17, 15) is 13.9 Å². The van der Waals surface area contributed by atoms with Gasteiger partial charge in [0.1, 0.15) is 0 Å². The Morgan fingerprint density at radius 1 is 1.29 bits per heavy atom. The van der Waals surface area contributed by atoms with E-state index in [1.54, 1.807) is 0 Å².